The van der Waals surface area contributed by atoms with Crippen molar-refractivity contribution < 1.29 is 4.79 Å². The number of hydrazine groups is 1. The predicted molar refractivity (Wildman–Crippen MR) is 162 cm³/mol. The van der Waals surface area contributed by atoms with Crippen molar-refractivity contribution in [1.29, 1.82) is 0 Å². The van der Waals surface area contributed by atoms with E-state index in [0.717, 1.165) is 54.5 Å². The molecule has 4 aromatic rings. The lowest BCUT2D eigenvalue weighted by atomic mass is 9.88. The van der Waals surface area contributed by atoms with E-state index in [2.05, 4.69) is 73.8 Å². The summed E-state index contributed by atoms with van der Waals surface area (Å²) in [6.45, 7) is 14.1. The number of rotatable bonds is 7. The van der Waals surface area contributed by atoms with Gasteiger partial charge in [0.25, 0.3) is 5.91 Å². The fourth-order valence-corrected chi connectivity index (χ4v) is 4.56. The lowest BCUT2D eigenvalue weighted by molar-refractivity contribution is 0.102. The van der Waals surface area contributed by atoms with Gasteiger partial charge in [-0.3, -0.25) is 4.79 Å². The van der Waals surface area contributed by atoms with Crippen molar-refractivity contribution in [3.8, 4) is 5.82 Å². The van der Waals surface area contributed by atoms with Gasteiger partial charge >= 0.3 is 0 Å². The number of anilines is 4. The first kappa shape index (κ1) is 28.2. The van der Waals surface area contributed by atoms with E-state index in [0.29, 0.717) is 23.0 Å². The van der Waals surface area contributed by atoms with Crippen molar-refractivity contribution in [2.45, 2.75) is 40.0 Å². The summed E-state index contributed by atoms with van der Waals surface area (Å²) < 4.78 is 1.75. The number of likely N-dealkylation sites (N-methyl/N-ethyl adjacent to an activating group) is 1. The Balaban J connectivity index is 1.35. The largest absolute Gasteiger partial charge is 0.340 e. The molecule has 0 aliphatic carbocycles. The molecule has 3 aromatic heterocycles. The van der Waals surface area contributed by atoms with Gasteiger partial charge in [0.05, 0.1) is 5.69 Å². The molecular formula is C30H38N10O. The molecule has 0 atom stereocenters. The van der Waals surface area contributed by atoms with Crippen LogP contribution in [0.4, 0.5) is 23.1 Å². The van der Waals surface area contributed by atoms with Crippen LogP contribution in [0.15, 0.2) is 55.0 Å². The van der Waals surface area contributed by atoms with E-state index in [4.69, 9.17) is 0 Å². The maximum absolute atomic E-state index is 13.2. The smallest absolute Gasteiger partial charge is 0.256 e. The molecule has 1 aliphatic rings. The predicted octanol–water partition coefficient (Wildman–Crippen LogP) is 4.54. The van der Waals surface area contributed by atoms with Gasteiger partial charge in [0.15, 0.2) is 5.82 Å². The van der Waals surface area contributed by atoms with Crippen molar-refractivity contribution in [3.05, 3.63) is 77.4 Å². The van der Waals surface area contributed by atoms with Gasteiger partial charge < -0.3 is 21.0 Å². The summed E-state index contributed by atoms with van der Waals surface area (Å²) in [5, 5.41) is 13.2. The highest BCUT2D eigenvalue weighted by atomic mass is 16.1. The standard InChI is InChI=1S/C30H38N10O/c1-20-7-8-22(29(41)35-25-17-23(9-10-31-25)30(3,4)5)16-24(20)34-28-15-21(2)36-40(28)27-18-26(32-19-33-27)37-39-13-11-38(6)12-14-39/h7-10,15-19,34H,11-14H2,1-6H3,(H,31,35,41)(H,32,33,37). The molecule has 0 bridgehead atoms. The summed E-state index contributed by atoms with van der Waals surface area (Å²) in [5.41, 5.74) is 7.57. The summed E-state index contributed by atoms with van der Waals surface area (Å²) in [5.74, 6) is 2.36. The molecule has 3 N–H and O–H groups in total. The summed E-state index contributed by atoms with van der Waals surface area (Å²) in [7, 11) is 2.13. The lowest BCUT2D eigenvalue weighted by Gasteiger charge is -2.32. The zero-order valence-electron chi connectivity index (χ0n) is 24.6. The number of nitrogens with one attached hydrogen (secondary N) is 3. The maximum Gasteiger partial charge on any atom is 0.256 e. The number of benzene rings is 1. The summed E-state index contributed by atoms with van der Waals surface area (Å²) in [4.78, 5) is 28.7. The van der Waals surface area contributed by atoms with E-state index in [1.165, 1.54) is 6.33 Å². The number of carbonyl (C=O) groups excluding carboxylic acids is 1. The lowest BCUT2D eigenvalue weighted by Crippen LogP contribution is -2.47. The van der Waals surface area contributed by atoms with Crippen LogP contribution in [-0.4, -0.2) is 73.8 Å². The van der Waals surface area contributed by atoms with Crippen molar-refractivity contribution in [2.75, 3.05) is 49.3 Å². The van der Waals surface area contributed by atoms with Crippen LogP contribution >= 0.6 is 0 Å². The molecule has 0 radical (unpaired) electrons. The van der Waals surface area contributed by atoms with Crippen LogP contribution in [0.1, 0.15) is 48.0 Å². The number of piperazine rings is 1. The first-order valence-corrected chi connectivity index (χ1v) is 13.8. The number of pyridine rings is 1. The molecule has 214 valence electrons. The van der Waals surface area contributed by atoms with Gasteiger partial charge in [-0.1, -0.05) is 26.8 Å². The SMILES string of the molecule is Cc1cc(Nc2cc(C(=O)Nc3cc(C(C)(C)C)ccn3)ccc2C)n(-c2cc(NN3CCN(C)CC3)ncn2)n1. The van der Waals surface area contributed by atoms with E-state index in [1.54, 1.807) is 10.9 Å². The molecule has 0 unspecified atom stereocenters. The Bertz CT molecular complexity index is 1530. The Morgan fingerprint density at radius 3 is 2.44 bits per heavy atom. The molecule has 11 heteroatoms. The number of amides is 1. The average molecular weight is 555 g/mol. The van der Waals surface area contributed by atoms with Gasteiger partial charge in [0, 0.05) is 55.8 Å². The maximum atomic E-state index is 13.2. The number of hydrogen-bond acceptors (Lipinski definition) is 9. The highest BCUT2D eigenvalue weighted by Gasteiger charge is 2.18. The van der Waals surface area contributed by atoms with Gasteiger partial charge in [0.2, 0.25) is 0 Å². The van der Waals surface area contributed by atoms with Crippen molar-refractivity contribution in [3.63, 3.8) is 0 Å². The molecule has 0 spiro atoms. The van der Waals surface area contributed by atoms with Crippen LogP contribution < -0.4 is 16.1 Å². The second-order valence-corrected chi connectivity index (χ2v) is 11.5. The Morgan fingerprint density at radius 2 is 1.68 bits per heavy atom. The minimum Gasteiger partial charge on any atom is -0.340 e. The van der Waals surface area contributed by atoms with E-state index >= 15 is 0 Å². The molecule has 1 saturated heterocycles. The molecule has 1 amide bonds. The van der Waals surface area contributed by atoms with Crippen LogP contribution in [0, 0.1) is 13.8 Å². The van der Waals surface area contributed by atoms with Crippen LogP contribution in [0.25, 0.3) is 5.82 Å². The van der Waals surface area contributed by atoms with Crippen molar-refractivity contribution in [2.24, 2.45) is 0 Å². The second-order valence-electron chi connectivity index (χ2n) is 11.5. The first-order valence-electron chi connectivity index (χ1n) is 13.8. The summed E-state index contributed by atoms with van der Waals surface area (Å²) >= 11 is 0. The fourth-order valence-electron chi connectivity index (χ4n) is 4.56. The molecule has 0 saturated carbocycles. The number of carbonyl (C=O) groups is 1. The van der Waals surface area contributed by atoms with E-state index in [1.807, 2.05) is 56.3 Å². The third-order valence-corrected chi connectivity index (χ3v) is 7.11. The van der Waals surface area contributed by atoms with Crippen LogP contribution in [0.2, 0.25) is 0 Å². The number of aromatic nitrogens is 5. The molecule has 11 nitrogen and oxygen atoms in total. The van der Waals surface area contributed by atoms with Crippen molar-refractivity contribution in [1.82, 2.24) is 34.6 Å². The van der Waals surface area contributed by atoms with Crippen LogP contribution in [0.5, 0.6) is 0 Å². The second kappa shape index (κ2) is 11.6. The molecule has 5 rings (SSSR count). The molecular weight excluding hydrogens is 516 g/mol. The molecule has 1 aromatic carbocycles. The highest BCUT2D eigenvalue weighted by Crippen LogP contribution is 2.26. The quantitative estimate of drug-likeness (QED) is 0.303. The zero-order chi connectivity index (χ0) is 29.1. The van der Waals surface area contributed by atoms with E-state index in [-0.39, 0.29) is 11.3 Å². The number of nitrogens with zero attached hydrogens (tertiary/aromatic N) is 7. The van der Waals surface area contributed by atoms with Gasteiger partial charge in [-0.25, -0.2) is 20.0 Å². The molecule has 1 fully saturated rings. The van der Waals surface area contributed by atoms with E-state index < -0.39 is 0 Å². The fraction of sp³-hybridized carbons (Fsp3) is 0.367. The third kappa shape index (κ3) is 6.87. The van der Waals surface area contributed by atoms with Gasteiger partial charge in [0.1, 0.15) is 23.8 Å². The number of hydrogen-bond donors (Lipinski definition) is 3. The summed E-state index contributed by atoms with van der Waals surface area (Å²) in [6, 6.07) is 13.3. The van der Waals surface area contributed by atoms with Gasteiger partial charge in [-0.2, -0.15) is 9.78 Å². The Labute approximate surface area is 241 Å². The average Bonchev–Trinajstić information content (AvgIpc) is 3.31. The minimum atomic E-state index is -0.230. The van der Waals surface area contributed by atoms with Crippen LogP contribution in [-0.2, 0) is 5.41 Å². The summed E-state index contributed by atoms with van der Waals surface area (Å²) in [6.07, 6.45) is 3.26. The van der Waals surface area contributed by atoms with Gasteiger partial charge in [-0.05, 0) is 61.7 Å². The normalized spacial score (nSPS) is 14.6. The Kier molecular flexibility index (Phi) is 8.00. The molecule has 1 aliphatic heterocycles. The van der Waals surface area contributed by atoms with E-state index in [9.17, 15) is 4.79 Å². The minimum absolute atomic E-state index is 0.0461. The number of aryl methyl sites for hydroxylation is 2. The topological polar surface area (TPSA) is 116 Å². The van der Waals surface area contributed by atoms with Gasteiger partial charge in [-0.15, -0.1) is 0 Å². The Morgan fingerprint density at radius 1 is 0.902 bits per heavy atom. The zero-order valence-corrected chi connectivity index (χ0v) is 24.6. The Hall–Kier alpha value is -4.35. The first-order chi connectivity index (χ1) is 19.5. The highest BCUT2D eigenvalue weighted by molar-refractivity contribution is 6.04. The van der Waals surface area contributed by atoms with Crippen molar-refractivity contribution >= 4 is 29.0 Å². The molecule has 41 heavy (non-hydrogen) atoms. The molecule has 4 heterocycles. The van der Waals surface area contributed by atoms with Crippen LogP contribution in [0.3, 0.4) is 0 Å². The monoisotopic (exact) mass is 554 g/mol. The third-order valence-electron chi connectivity index (χ3n) is 7.11.